The summed E-state index contributed by atoms with van der Waals surface area (Å²) < 4.78 is 0. The maximum Gasteiger partial charge on any atom is 0.160 e. The Hall–Kier alpha value is -2.24. The zero-order valence-corrected chi connectivity index (χ0v) is 17.2. The van der Waals surface area contributed by atoms with Gasteiger partial charge in [0.1, 0.15) is 6.04 Å². The summed E-state index contributed by atoms with van der Waals surface area (Å²) in [7, 11) is 0. The minimum absolute atomic E-state index is 0.0359. The topological polar surface area (TPSA) is 28.5 Å². The molecule has 0 spiro atoms. The highest BCUT2D eigenvalue weighted by Crippen LogP contribution is 2.49. The normalized spacial score (nSPS) is 23.5. The summed E-state index contributed by atoms with van der Waals surface area (Å²) in [6.07, 6.45) is 1.87. The molecule has 3 aromatic rings. The van der Waals surface area contributed by atoms with Crippen molar-refractivity contribution in [3.8, 4) is 0 Å². The zero-order chi connectivity index (χ0) is 18.9. The third kappa shape index (κ3) is 3.33. The van der Waals surface area contributed by atoms with Crippen LogP contribution in [0.5, 0.6) is 0 Å². The molecule has 5 rings (SSSR count). The molecular weight excluding hydrogens is 382 g/mol. The van der Waals surface area contributed by atoms with Crippen LogP contribution in [0.4, 0.5) is 0 Å². The molecule has 1 aromatic heterocycles. The minimum atomic E-state index is 0.0359. The molecule has 2 aromatic carbocycles. The Labute approximate surface area is 174 Å². The van der Waals surface area contributed by atoms with E-state index in [0.717, 1.165) is 17.4 Å². The van der Waals surface area contributed by atoms with Gasteiger partial charge in [-0.25, -0.2) is 0 Å². The Kier molecular flexibility index (Phi) is 4.87. The molecule has 0 saturated carbocycles. The summed E-state index contributed by atoms with van der Waals surface area (Å²) in [5.41, 5.74) is 2.38. The lowest BCUT2D eigenvalue weighted by Crippen LogP contribution is -2.28. The average molecular weight is 404 g/mol. The SMILES string of the molecule is C[C@@H]1CN2C(=N[C@H](c3ccccn3)[C@@H]2c2ccccc2Sc2ccccc2)S1. The summed E-state index contributed by atoms with van der Waals surface area (Å²) in [6.45, 7) is 3.31. The predicted octanol–water partition coefficient (Wildman–Crippen LogP) is 5.82. The first-order valence-corrected chi connectivity index (χ1v) is 11.2. The van der Waals surface area contributed by atoms with Crippen LogP contribution in [0.1, 0.15) is 30.3 Å². The number of thioether (sulfide) groups is 1. The highest BCUT2D eigenvalue weighted by Gasteiger charge is 2.44. The van der Waals surface area contributed by atoms with Crippen molar-refractivity contribution >= 4 is 28.7 Å². The molecule has 0 bridgehead atoms. The number of fused-ring (bicyclic) bond motifs is 1. The number of nitrogens with zero attached hydrogens (tertiary/aromatic N) is 3. The van der Waals surface area contributed by atoms with Crippen LogP contribution < -0.4 is 0 Å². The molecule has 1 saturated heterocycles. The second kappa shape index (κ2) is 7.64. The summed E-state index contributed by atoms with van der Waals surface area (Å²) in [6, 6.07) is 25.7. The van der Waals surface area contributed by atoms with Crippen LogP contribution in [0.15, 0.2) is 93.8 Å². The fourth-order valence-corrected chi connectivity index (χ4v) is 5.98. The highest BCUT2D eigenvalue weighted by atomic mass is 32.2. The van der Waals surface area contributed by atoms with Crippen molar-refractivity contribution < 1.29 is 0 Å². The van der Waals surface area contributed by atoms with Crippen molar-refractivity contribution in [2.24, 2.45) is 4.99 Å². The molecule has 1 fully saturated rings. The molecule has 2 aliphatic heterocycles. The van der Waals surface area contributed by atoms with Crippen molar-refractivity contribution in [3.63, 3.8) is 0 Å². The quantitative estimate of drug-likeness (QED) is 0.549. The van der Waals surface area contributed by atoms with Gasteiger partial charge in [0, 0.05) is 27.8 Å². The lowest BCUT2D eigenvalue weighted by molar-refractivity contribution is 0.317. The molecule has 0 aliphatic carbocycles. The first-order valence-electron chi connectivity index (χ1n) is 9.53. The van der Waals surface area contributed by atoms with Gasteiger partial charge in [-0.15, -0.1) is 0 Å². The zero-order valence-electron chi connectivity index (χ0n) is 15.6. The lowest BCUT2D eigenvalue weighted by atomic mass is 9.96. The molecule has 2 aliphatic rings. The van der Waals surface area contributed by atoms with E-state index in [-0.39, 0.29) is 12.1 Å². The number of aromatic nitrogens is 1. The van der Waals surface area contributed by atoms with Crippen LogP contribution in [0.2, 0.25) is 0 Å². The van der Waals surface area contributed by atoms with Gasteiger partial charge in [-0.3, -0.25) is 9.98 Å². The van der Waals surface area contributed by atoms with Crippen molar-refractivity contribution in [2.45, 2.75) is 34.0 Å². The van der Waals surface area contributed by atoms with Crippen LogP contribution in [-0.4, -0.2) is 26.8 Å². The molecule has 0 unspecified atom stereocenters. The molecule has 3 heterocycles. The maximum atomic E-state index is 5.11. The standard InChI is InChI=1S/C23H21N3S2/c1-16-15-26-22(21(25-23(26)27-16)19-12-7-8-14-24-19)18-11-5-6-13-20(18)28-17-9-3-2-4-10-17/h2-14,16,21-22H,15H2,1H3/t16-,21-,22+/m1/s1. The van der Waals surface area contributed by atoms with Crippen LogP contribution >= 0.6 is 23.5 Å². The molecule has 5 heteroatoms. The fraction of sp³-hybridized carbons (Fsp3) is 0.217. The molecule has 28 heavy (non-hydrogen) atoms. The lowest BCUT2D eigenvalue weighted by Gasteiger charge is -2.29. The monoisotopic (exact) mass is 403 g/mol. The Morgan fingerprint density at radius 2 is 1.75 bits per heavy atom. The van der Waals surface area contributed by atoms with E-state index >= 15 is 0 Å². The number of hydrogen-bond donors (Lipinski definition) is 0. The summed E-state index contributed by atoms with van der Waals surface area (Å²) >= 11 is 3.71. The fourth-order valence-electron chi connectivity index (χ4n) is 3.89. The molecule has 0 radical (unpaired) electrons. The average Bonchev–Trinajstić information content (AvgIpc) is 3.26. The molecule has 3 nitrogen and oxygen atoms in total. The number of aliphatic imine (C=N–C) groups is 1. The largest absolute Gasteiger partial charge is 0.341 e. The van der Waals surface area contributed by atoms with Gasteiger partial charge in [0.15, 0.2) is 5.17 Å². The molecule has 3 atom stereocenters. The Bertz CT molecular complexity index is 991. The predicted molar refractivity (Wildman–Crippen MR) is 118 cm³/mol. The summed E-state index contributed by atoms with van der Waals surface area (Å²) in [5, 5.41) is 1.73. The first-order chi connectivity index (χ1) is 13.8. The molecule has 0 N–H and O–H groups in total. The van der Waals surface area contributed by atoms with E-state index in [2.05, 4.69) is 83.5 Å². The smallest absolute Gasteiger partial charge is 0.160 e. The summed E-state index contributed by atoms with van der Waals surface area (Å²) in [4.78, 5) is 14.8. The Balaban J connectivity index is 1.57. The second-order valence-corrected chi connectivity index (χ2v) is 9.61. The van der Waals surface area contributed by atoms with Crippen molar-refractivity contribution in [1.82, 2.24) is 9.88 Å². The van der Waals surface area contributed by atoms with Gasteiger partial charge in [0.2, 0.25) is 0 Å². The maximum absolute atomic E-state index is 5.11. The number of hydrogen-bond acceptors (Lipinski definition) is 5. The molecule has 0 amide bonds. The van der Waals surface area contributed by atoms with Gasteiger partial charge in [-0.1, -0.05) is 72.9 Å². The number of amidine groups is 1. The minimum Gasteiger partial charge on any atom is -0.341 e. The third-order valence-corrected chi connectivity index (χ3v) is 7.29. The van der Waals surface area contributed by atoms with E-state index in [1.807, 2.05) is 35.8 Å². The van der Waals surface area contributed by atoms with Crippen molar-refractivity contribution in [2.75, 3.05) is 6.54 Å². The third-order valence-electron chi connectivity index (χ3n) is 5.09. The second-order valence-electron chi connectivity index (χ2n) is 7.09. The molecular formula is C23H21N3S2. The van der Waals surface area contributed by atoms with Gasteiger partial charge in [-0.05, 0) is 35.9 Å². The van der Waals surface area contributed by atoms with Crippen LogP contribution in [0.25, 0.3) is 0 Å². The van der Waals surface area contributed by atoms with Gasteiger partial charge in [0.25, 0.3) is 0 Å². The van der Waals surface area contributed by atoms with E-state index in [1.54, 1.807) is 0 Å². The number of benzene rings is 2. The van der Waals surface area contributed by atoms with Crippen LogP contribution in [-0.2, 0) is 0 Å². The Morgan fingerprint density at radius 3 is 2.57 bits per heavy atom. The van der Waals surface area contributed by atoms with Crippen molar-refractivity contribution in [1.29, 1.82) is 0 Å². The van der Waals surface area contributed by atoms with Crippen LogP contribution in [0.3, 0.4) is 0 Å². The highest BCUT2D eigenvalue weighted by molar-refractivity contribution is 8.14. The van der Waals surface area contributed by atoms with Gasteiger partial charge in [0.05, 0.1) is 11.7 Å². The van der Waals surface area contributed by atoms with Crippen LogP contribution in [0, 0.1) is 0 Å². The van der Waals surface area contributed by atoms with E-state index in [4.69, 9.17) is 4.99 Å². The first kappa shape index (κ1) is 17.8. The van der Waals surface area contributed by atoms with Gasteiger partial charge >= 0.3 is 0 Å². The van der Waals surface area contributed by atoms with E-state index in [0.29, 0.717) is 5.25 Å². The van der Waals surface area contributed by atoms with E-state index in [1.165, 1.54) is 15.4 Å². The van der Waals surface area contributed by atoms with E-state index in [9.17, 15) is 0 Å². The molecule has 140 valence electrons. The van der Waals surface area contributed by atoms with Crippen molar-refractivity contribution in [3.05, 3.63) is 90.3 Å². The van der Waals surface area contributed by atoms with Gasteiger partial charge in [-0.2, -0.15) is 0 Å². The summed E-state index contributed by atoms with van der Waals surface area (Å²) in [5.74, 6) is 0. The van der Waals surface area contributed by atoms with Gasteiger partial charge < -0.3 is 4.90 Å². The Morgan fingerprint density at radius 1 is 0.964 bits per heavy atom. The van der Waals surface area contributed by atoms with E-state index < -0.39 is 0 Å². The number of rotatable bonds is 4. The number of pyridine rings is 1.